The molecule has 0 fully saturated rings. The van der Waals surface area contributed by atoms with Crippen molar-refractivity contribution < 1.29 is 26.2 Å². The SMILES string of the molecule is CC1=C2c3cc(C)sc3C1[Si]2(C)C.Cc1cc2c(ccc3ccccc32)[cH-]1.[Zr]. The molecule has 3 aliphatic rings. The van der Waals surface area contributed by atoms with Crippen LogP contribution in [0, 0.1) is 13.8 Å². The van der Waals surface area contributed by atoms with Gasteiger partial charge in [0.05, 0.1) is 8.07 Å². The zero-order valence-corrected chi connectivity index (χ0v) is 21.5. The van der Waals surface area contributed by atoms with Crippen molar-refractivity contribution in [3.63, 3.8) is 0 Å². The molecule has 3 heterocycles. The van der Waals surface area contributed by atoms with Crippen LogP contribution in [0.25, 0.3) is 26.7 Å². The number of aryl methyl sites for hydroxylation is 2. The monoisotopic (exact) mass is 475 g/mol. The minimum Gasteiger partial charge on any atom is -0.165 e. The molecule has 0 saturated carbocycles. The third-order valence-electron chi connectivity index (χ3n) is 6.37. The molecule has 140 valence electrons. The standard InChI is InChI=1S/C14H11.C11H14SSi.Zr/c1-10-8-12-7-6-11-4-2-3-5-13(11)14(12)9-10;1-6-5-8-9(12-6)11-7(2)10(8)13(11,3)4;/h2-9H,1H3;5,11H,1-4H3;/q-1;;. The van der Waals surface area contributed by atoms with Crippen LogP contribution in [0.15, 0.2) is 60.2 Å². The van der Waals surface area contributed by atoms with Gasteiger partial charge in [-0.2, -0.15) is 6.07 Å². The summed E-state index contributed by atoms with van der Waals surface area (Å²) in [6.45, 7) is 11.7. The Hall–Kier alpha value is -1.15. The number of hydrogen-bond acceptors (Lipinski definition) is 1. The van der Waals surface area contributed by atoms with Gasteiger partial charge in [0.2, 0.25) is 0 Å². The van der Waals surface area contributed by atoms with Crippen molar-refractivity contribution in [2.24, 2.45) is 0 Å². The van der Waals surface area contributed by atoms with Gasteiger partial charge < -0.3 is 0 Å². The Morgan fingerprint density at radius 3 is 2.39 bits per heavy atom. The summed E-state index contributed by atoms with van der Waals surface area (Å²) in [5, 5.41) is 7.18. The van der Waals surface area contributed by atoms with Crippen LogP contribution in [0.5, 0.6) is 0 Å². The molecule has 7 rings (SSSR count). The third-order valence-corrected chi connectivity index (χ3v) is 11.8. The first-order chi connectivity index (χ1) is 12.9. The predicted octanol–water partition coefficient (Wildman–Crippen LogP) is 7.75. The average Bonchev–Trinajstić information content (AvgIpc) is 3.29. The zero-order chi connectivity index (χ0) is 18.9. The van der Waals surface area contributed by atoms with Crippen molar-refractivity contribution in [2.45, 2.75) is 39.4 Å². The van der Waals surface area contributed by atoms with Gasteiger partial charge in [-0.1, -0.05) is 66.5 Å². The maximum absolute atomic E-state index is 2.52. The Bertz CT molecular complexity index is 1240. The summed E-state index contributed by atoms with van der Waals surface area (Å²) in [7, 11) is -0.995. The Balaban J connectivity index is 0.000000133. The predicted molar refractivity (Wildman–Crippen MR) is 124 cm³/mol. The van der Waals surface area contributed by atoms with Gasteiger partial charge in [0.1, 0.15) is 0 Å². The Morgan fingerprint density at radius 1 is 0.929 bits per heavy atom. The average molecular weight is 477 g/mol. The molecule has 1 aromatic heterocycles. The van der Waals surface area contributed by atoms with Gasteiger partial charge in [-0.3, -0.25) is 0 Å². The fraction of sp³-hybridized carbons (Fsp3) is 0.240. The molecule has 4 aromatic rings. The molecular weight excluding hydrogens is 452 g/mol. The van der Waals surface area contributed by atoms with Crippen LogP contribution in [0.1, 0.15) is 33.3 Å². The fourth-order valence-electron chi connectivity index (χ4n) is 5.40. The molecule has 0 radical (unpaired) electrons. The summed E-state index contributed by atoms with van der Waals surface area (Å²) >= 11 is 2.03. The number of fused-ring (bicyclic) bond motifs is 3. The van der Waals surface area contributed by atoms with Crippen LogP contribution in [0.3, 0.4) is 0 Å². The summed E-state index contributed by atoms with van der Waals surface area (Å²) in [4.78, 5) is 3.19. The Labute approximate surface area is 191 Å². The number of rotatable bonds is 0. The maximum Gasteiger partial charge on any atom is 0.0941 e. The van der Waals surface area contributed by atoms with E-state index in [-0.39, 0.29) is 26.2 Å². The van der Waals surface area contributed by atoms with E-state index >= 15 is 0 Å². The third kappa shape index (κ3) is 2.82. The van der Waals surface area contributed by atoms with Crippen molar-refractivity contribution in [2.75, 3.05) is 0 Å². The van der Waals surface area contributed by atoms with E-state index in [0.717, 1.165) is 5.54 Å². The normalized spacial score (nSPS) is 18.4. The summed E-state index contributed by atoms with van der Waals surface area (Å²) in [5.41, 5.74) is 5.55. The minimum atomic E-state index is -0.995. The molecule has 1 atom stereocenters. The van der Waals surface area contributed by atoms with E-state index in [1.807, 2.05) is 11.3 Å². The molecule has 3 aromatic carbocycles. The van der Waals surface area contributed by atoms with Crippen molar-refractivity contribution in [1.29, 1.82) is 0 Å². The van der Waals surface area contributed by atoms with E-state index in [2.05, 4.69) is 88.5 Å². The van der Waals surface area contributed by atoms with E-state index in [1.54, 1.807) is 21.2 Å². The molecule has 1 aliphatic carbocycles. The second-order valence-corrected chi connectivity index (χ2v) is 14.5. The first kappa shape index (κ1) is 20.1. The summed E-state index contributed by atoms with van der Waals surface area (Å²) in [5.74, 6) is 0. The first-order valence-electron chi connectivity index (χ1n) is 9.74. The quantitative estimate of drug-likeness (QED) is 0.180. The largest absolute Gasteiger partial charge is 0.165 e. The molecule has 2 bridgehead atoms. The van der Waals surface area contributed by atoms with E-state index < -0.39 is 8.07 Å². The van der Waals surface area contributed by atoms with Crippen molar-refractivity contribution in [1.82, 2.24) is 0 Å². The van der Waals surface area contributed by atoms with Gasteiger partial charge in [-0.25, -0.2) is 0 Å². The molecular formula is C25H25SSiZr-. The summed E-state index contributed by atoms with van der Waals surface area (Å²) in [6.07, 6.45) is 0. The van der Waals surface area contributed by atoms with Crippen molar-refractivity contribution in [3.8, 4) is 0 Å². The molecule has 2 aliphatic heterocycles. The van der Waals surface area contributed by atoms with Crippen LogP contribution < -0.4 is 0 Å². The van der Waals surface area contributed by atoms with Crippen LogP contribution in [-0.2, 0) is 26.2 Å². The number of hydrogen-bond donors (Lipinski definition) is 0. The zero-order valence-electron chi connectivity index (χ0n) is 17.2. The number of benzene rings is 2. The summed E-state index contributed by atoms with van der Waals surface area (Å²) < 4.78 is 0. The van der Waals surface area contributed by atoms with Crippen molar-refractivity contribution >= 4 is 46.2 Å². The van der Waals surface area contributed by atoms with Gasteiger partial charge in [0.25, 0.3) is 0 Å². The van der Waals surface area contributed by atoms with Gasteiger partial charge in [-0.05, 0) is 30.9 Å². The molecule has 0 spiro atoms. The van der Waals surface area contributed by atoms with Crippen LogP contribution >= 0.6 is 11.3 Å². The Kier molecular flexibility index (Phi) is 5.01. The Morgan fingerprint density at radius 2 is 1.68 bits per heavy atom. The van der Waals surface area contributed by atoms with Gasteiger partial charge in [0.15, 0.2) is 0 Å². The van der Waals surface area contributed by atoms with E-state index in [4.69, 9.17) is 0 Å². The smallest absolute Gasteiger partial charge is 0.0941 e. The topological polar surface area (TPSA) is 0 Å². The van der Waals surface area contributed by atoms with Crippen LogP contribution in [-0.4, -0.2) is 8.07 Å². The van der Waals surface area contributed by atoms with Crippen molar-refractivity contribution in [3.05, 3.63) is 81.1 Å². The molecule has 28 heavy (non-hydrogen) atoms. The van der Waals surface area contributed by atoms with E-state index in [1.165, 1.54) is 32.0 Å². The van der Waals surface area contributed by atoms with Gasteiger partial charge in [-0.15, -0.1) is 39.8 Å². The number of allylic oxidation sites excluding steroid dienone is 1. The first-order valence-corrected chi connectivity index (χ1v) is 13.6. The molecule has 0 N–H and O–H groups in total. The molecule has 3 heteroatoms. The summed E-state index contributed by atoms with van der Waals surface area (Å²) in [6, 6.07) is 19.8. The maximum atomic E-state index is 2.52. The molecule has 1 unspecified atom stereocenters. The minimum absolute atomic E-state index is 0. The second kappa shape index (κ2) is 6.97. The van der Waals surface area contributed by atoms with Crippen LogP contribution in [0.4, 0.5) is 0 Å². The molecule has 0 nitrogen and oxygen atoms in total. The van der Waals surface area contributed by atoms with E-state index in [0.29, 0.717) is 0 Å². The van der Waals surface area contributed by atoms with E-state index in [9.17, 15) is 0 Å². The van der Waals surface area contributed by atoms with Gasteiger partial charge in [0, 0.05) is 41.5 Å². The second-order valence-electron chi connectivity index (χ2n) is 8.67. The molecule has 0 saturated heterocycles. The van der Waals surface area contributed by atoms with Gasteiger partial charge >= 0.3 is 0 Å². The number of thiophene rings is 1. The molecule has 0 amide bonds. The fourth-order valence-corrected chi connectivity index (χ4v) is 11.8. The van der Waals surface area contributed by atoms with Crippen LogP contribution in [0.2, 0.25) is 13.1 Å².